The summed E-state index contributed by atoms with van der Waals surface area (Å²) >= 11 is 15.8. The molecule has 0 amide bonds. The Labute approximate surface area is 211 Å². The zero-order valence-corrected chi connectivity index (χ0v) is 22.5. The smallest absolute Gasteiger partial charge is 0.0649 e. The number of nitrogens with zero attached hydrogens (tertiary/aromatic N) is 2. The molecule has 0 unspecified atom stereocenters. The van der Waals surface area contributed by atoms with Gasteiger partial charge in [-0.05, 0) is 81.6 Å². The van der Waals surface area contributed by atoms with E-state index in [1.165, 1.54) is 0 Å². The van der Waals surface area contributed by atoms with E-state index < -0.39 is 0 Å². The Bertz CT molecular complexity index is 1040. The van der Waals surface area contributed by atoms with Crippen molar-refractivity contribution >= 4 is 116 Å². The molecule has 3 radical (unpaired) electrons. The van der Waals surface area contributed by atoms with Crippen LogP contribution in [0.2, 0.25) is 10.0 Å². The monoisotopic (exact) mass is 719 g/mol. The normalized spacial score (nSPS) is 10.2. The maximum absolute atomic E-state index is 11.6. The molecule has 0 N–H and O–H groups in total. The first-order chi connectivity index (χ1) is 12.4. The summed E-state index contributed by atoms with van der Waals surface area (Å²) in [6.45, 7) is 0. The van der Waals surface area contributed by atoms with Crippen LogP contribution in [0.25, 0.3) is 21.8 Å². The van der Waals surface area contributed by atoms with Gasteiger partial charge in [-0.3, -0.25) is 9.97 Å². The third-order valence-corrected chi connectivity index (χ3v) is 5.73. The zero-order valence-electron chi connectivity index (χ0n) is 13.4. The fourth-order valence-corrected chi connectivity index (χ4v) is 4.32. The first-order valence-corrected chi connectivity index (χ1v) is 10.1. The Balaban J connectivity index is 0.000000187. The van der Waals surface area contributed by atoms with Crippen molar-refractivity contribution in [2.75, 3.05) is 0 Å². The minimum Gasteiger partial charge on any atom is -0.870 e. The van der Waals surface area contributed by atoms with Crippen LogP contribution < -0.4 is 10.2 Å². The van der Waals surface area contributed by atoms with E-state index in [-0.39, 0.29) is 37.3 Å². The van der Waals surface area contributed by atoms with Crippen LogP contribution in [-0.4, -0.2) is 35.8 Å². The van der Waals surface area contributed by atoms with E-state index in [1.807, 2.05) is 45.2 Å². The standard InChI is InChI=1S/2C9H5ClINO.In/c2*10-6-4-7(11)9(13)8-5(6)2-1-3-12-8;/h2*1-4,13H;/p-2/i;;1-4. The molecule has 0 saturated heterocycles. The number of rotatable bonds is 0. The molecule has 2 aromatic heterocycles. The Morgan fingerprint density at radius 3 is 1.48 bits per heavy atom. The largest absolute Gasteiger partial charge is 0.870 e. The molecule has 4 aromatic rings. The van der Waals surface area contributed by atoms with Crippen LogP contribution in [0.5, 0.6) is 11.5 Å². The third-order valence-electron chi connectivity index (χ3n) is 3.50. The van der Waals surface area contributed by atoms with Crippen molar-refractivity contribution in [3.63, 3.8) is 0 Å². The van der Waals surface area contributed by atoms with E-state index in [0.29, 0.717) is 28.2 Å². The van der Waals surface area contributed by atoms with Gasteiger partial charge in [-0.15, -0.1) is 0 Å². The second-order valence-electron chi connectivity index (χ2n) is 5.14. The van der Waals surface area contributed by atoms with Crippen LogP contribution in [0.15, 0.2) is 48.8 Å². The van der Waals surface area contributed by atoms with Crippen LogP contribution in [0.4, 0.5) is 0 Å². The predicted octanol–water partition coefficient (Wildman–Crippen LogP) is 4.75. The van der Waals surface area contributed by atoms with E-state index in [9.17, 15) is 10.2 Å². The number of aromatic nitrogens is 2. The Morgan fingerprint density at radius 2 is 1.11 bits per heavy atom. The molecule has 0 aliphatic carbocycles. The van der Waals surface area contributed by atoms with Crippen molar-refractivity contribution < 1.29 is 10.2 Å². The summed E-state index contributed by atoms with van der Waals surface area (Å²) in [6.07, 6.45) is 3.19. The van der Waals surface area contributed by atoms with Crippen molar-refractivity contribution in [2.45, 2.75) is 0 Å². The first-order valence-electron chi connectivity index (χ1n) is 7.19. The van der Waals surface area contributed by atoms with E-state index in [0.717, 1.165) is 10.8 Å². The molecular formula is C18H8Cl2I2InN2O2-2. The van der Waals surface area contributed by atoms with Gasteiger partial charge in [-0.25, -0.2) is 0 Å². The first kappa shape index (κ1) is 23.1. The molecule has 0 saturated carbocycles. The number of pyridine rings is 2. The van der Waals surface area contributed by atoms with Gasteiger partial charge in [0.05, 0.1) is 21.1 Å². The van der Waals surface area contributed by atoms with Crippen molar-refractivity contribution in [2.24, 2.45) is 0 Å². The second-order valence-corrected chi connectivity index (χ2v) is 8.28. The fourth-order valence-electron chi connectivity index (χ4n) is 2.29. The summed E-state index contributed by atoms with van der Waals surface area (Å²) in [5.74, 6) is -0.110. The van der Waals surface area contributed by atoms with Crippen LogP contribution in [0, 0.1) is 7.14 Å². The molecule has 2 aromatic carbocycles. The maximum atomic E-state index is 11.6. The number of fused-ring (bicyclic) bond motifs is 2. The minimum absolute atomic E-state index is 0. The minimum atomic E-state index is -0.0550. The van der Waals surface area contributed by atoms with Gasteiger partial charge in [-0.1, -0.05) is 34.7 Å². The Morgan fingerprint density at radius 1 is 0.741 bits per heavy atom. The van der Waals surface area contributed by atoms with Gasteiger partial charge in [0.1, 0.15) is 0 Å². The molecule has 4 nitrogen and oxygen atoms in total. The molecule has 0 aliphatic rings. The van der Waals surface area contributed by atoms with E-state index in [1.54, 1.807) is 48.8 Å². The maximum Gasteiger partial charge on any atom is 0.0649 e. The molecule has 0 atom stereocenters. The quantitative estimate of drug-likeness (QED) is 0.246. The molecule has 4 rings (SSSR count). The average Bonchev–Trinajstić information content (AvgIpc) is 2.65. The van der Waals surface area contributed by atoms with Gasteiger partial charge in [0, 0.05) is 56.1 Å². The SMILES string of the molecule is [111In].[O-]c1c(I)cc(Cl)c2cccnc12.[O-]c1c(I)cc(Cl)c2cccnc12. The van der Waals surface area contributed by atoms with Gasteiger partial charge in [0.15, 0.2) is 0 Å². The summed E-state index contributed by atoms with van der Waals surface area (Å²) in [6, 6.07) is 10.4. The summed E-state index contributed by atoms with van der Waals surface area (Å²) in [5.41, 5.74) is 0.888. The Hall–Kier alpha value is -0.230. The topological polar surface area (TPSA) is 71.9 Å². The molecule has 0 fully saturated rings. The average molecular weight is 720 g/mol. The van der Waals surface area contributed by atoms with E-state index in [2.05, 4.69) is 9.97 Å². The molecular weight excluding hydrogens is 712 g/mol. The van der Waals surface area contributed by atoms with E-state index >= 15 is 0 Å². The molecule has 0 aliphatic heterocycles. The van der Waals surface area contributed by atoms with Gasteiger partial charge in [0.2, 0.25) is 0 Å². The van der Waals surface area contributed by atoms with Crippen molar-refractivity contribution in [1.82, 2.24) is 9.97 Å². The summed E-state index contributed by atoms with van der Waals surface area (Å²) in [4.78, 5) is 8.00. The summed E-state index contributed by atoms with van der Waals surface area (Å²) in [7, 11) is 0. The number of halogens is 4. The van der Waals surface area contributed by atoms with Gasteiger partial charge in [-0.2, -0.15) is 0 Å². The number of benzene rings is 2. The number of hydrogen-bond donors (Lipinski definition) is 0. The van der Waals surface area contributed by atoms with Crippen LogP contribution >= 0.6 is 68.4 Å². The second kappa shape index (κ2) is 10.00. The van der Waals surface area contributed by atoms with E-state index in [4.69, 9.17) is 23.2 Å². The summed E-state index contributed by atoms with van der Waals surface area (Å²) < 4.78 is 1.21. The van der Waals surface area contributed by atoms with Crippen LogP contribution in [0.1, 0.15) is 0 Å². The molecule has 27 heavy (non-hydrogen) atoms. The van der Waals surface area contributed by atoms with Gasteiger partial charge >= 0.3 is 0 Å². The van der Waals surface area contributed by atoms with Gasteiger partial charge < -0.3 is 10.2 Å². The number of hydrogen-bond acceptors (Lipinski definition) is 4. The Kier molecular flexibility index (Phi) is 8.54. The van der Waals surface area contributed by atoms with Crippen molar-refractivity contribution in [1.29, 1.82) is 0 Å². The molecule has 0 bridgehead atoms. The van der Waals surface area contributed by atoms with Gasteiger partial charge in [0.25, 0.3) is 0 Å². The summed E-state index contributed by atoms with van der Waals surface area (Å²) in [5, 5.41) is 25.7. The van der Waals surface area contributed by atoms with Crippen LogP contribution in [-0.2, 0) is 0 Å². The molecule has 2 heterocycles. The predicted molar refractivity (Wildman–Crippen MR) is 124 cm³/mol. The van der Waals surface area contributed by atoms with Crippen LogP contribution in [0.3, 0.4) is 0 Å². The fraction of sp³-hybridized carbons (Fsp3) is 0. The zero-order chi connectivity index (χ0) is 18.8. The molecule has 135 valence electrons. The molecule has 9 heteroatoms. The third kappa shape index (κ3) is 5.04. The van der Waals surface area contributed by atoms with Crippen molar-refractivity contribution in [3.8, 4) is 11.5 Å². The molecule has 0 spiro atoms. The van der Waals surface area contributed by atoms with Crippen molar-refractivity contribution in [3.05, 3.63) is 66.0 Å².